The van der Waals surface area contributed by atoms with E-state index in [0.717, 1.165) is 5.69 Å². The molecule has 0 radical (unpaired) electrons. The van der Waals surface area contributed by atoms with E-state index in [9.17, 15) is 4.79 Å². The summed E-state index contributed by atoms with van der Waals surface area (Å²) in [5, 5.41) is 0. The molecule has 0 aliphatic rings. The number of halogens is 1. The fourth-order valence-electron chi connectivity index (χ4n) is 1.11. The predicted molar refractivity (Wildman–Crippen MR) is 54.2 cm³/mol. The molecule has 0 aromatic carbocycles. The van der Waals surface area contributed by atoms with Crippen LogP contribution in [-0.2, 0) is 4.74 Å². The largest absolute Gasteiger partial charge is 0.464 e. The van der Waals surface area contributed by atoms with Crippen LogP contribution in [0.15, 0.2) is 12.1 Å². The number of carbonyl (C=O) groups excluding carboxylic acids is 1. The molecule has 13 heavy (non-hydrogen) atoms. The van der Waals surface area contributed by atoms with Crippen molar-refractivity contribution in [1.82, 2.24) is 3.59 Å². The summed E-state index contributed by atoms with van der Waals surface area (Å²) < 4.78 is 6.30. The Kier molecular flexibility index (Phi) is 3.14. The summed E-state index contributed by atoms with van der Waals surface area (Å²) in [4.78, 5) is 11.2. The molecule has 1 rings (SSSR count). The Morgan fingerprint density at radius 3 is 2.54 bits per heavy atom. The molecule has 0 fully saturated rings. The summed E-state index contributed by atoms with van der Waals surface area (Å²) in [6.45, 7) is 4.13. The molecule has 0 unspecified atom stereocenters. The second-order valence-electron chi connectivity index (χ2n) is 3.07. The van der Waals surface area contributed by atoms with Gasteiger partial charge in [0.25, 0.3) is 0 Å². The highest BCUT2D eigenvalue weighted by atomic mass is 79.9. The Morgan fingerprint density at radius 1 is 1.54 bits per heavy atom. The minimum absolute atomic E-state index is 0.330. The van der Waals surface area contributed by atoms with Gasteiger partial charge in [-0.15, -0.1) is 0 Å². The third-order valence-electron chi connectivity index (χ3n) is 1.84. The number of esters is 1. The van der Waals surface area contributed by atoms with Gasteiger partial charge in [0, 0.05) is 5.69 Å². The highest BCUT2D eigenvalue weighted by Gasteiger charge is 2.15. The van der Waals surface area contributed by atoms with Gasteiger partial charge in [0.05, 0.1) is 23.3 Å². The molecule has 72 valence electrons. The van der Waals surface area contributed by atoms with Crippen molar-refractivity contribution in [2.24, 2.45) is 0 Å². The molecule has 0 amide bonds. The Labute approximate surface area is 86.0 Å². The van der Waals surface area contributed by atoms with Gasteiger partial charge >= 0.3 is 5.97 Å². The van der Waals surface area contributed by atoms with E-state index in [1.54, 1.807) is 9.66 Å². The van der Waals surface area contributed by atoms with Gasteiger partial charge in [0.1, 0.15) is 5.69 Å². The molecule has 3 nitrogen and oxygen atoms in total. The van der Waals surface area contributed by atoms with Crippen LogP contribution >= 0.6 is 16.1 Å². The predicted octanol–water partition coefficient (Wildman–Crippen LogP) is 2.56. The van der Waals surface area contributed by atoms with Crippen LogP contribution in [-0.4, -0.2) is 16.7 Å². The van der Waals surface area contributed by atoms with Crippen LogP contribution in [0.4, 0.5) is 0 Å². The van der Waals surface area contributed by atoms with E-state index in [0.29, 0.717) is 11.6 Å². The van der Waals surface area contributed by atoms with E-state index >= 15 is 0 Å². The Balaban J connectivity index is 3.06. The number of methoxy groups -OCH3 is 1. The quantitative estimate of drug-likeness (QED) is 0.751. The van der Waals surface area contributed by atoms with Crippen LogP contribution in [0.2, 0.25) is 0 Å². The topological polar surface area (TPSA) is 31.2 Å². The number of nitrogens with zero attached hydrogens (tertiary/aromatic N) is 1. The summed E-state index contributed by atoms with van der Waals surface area (Å²) in [5.74, 6) is 0.0431. The maximum atomic E-state index is 11.2. The van der Waals surface area contributed by atoms with E-state index in [4.69, 9.17) is 0 Å². The normalized spacial score (nSPS) is 10.5. The van der Waals surface area contributed by atoms with Crippen LogP contribution in [0, 0.1) is 0 Å². The lowest BCUT2D eigenvalue weighted by Gasteiger charge is -2.06. The average Bonchev–Trinajstić information content (AvgIpc) is 2.46. The van der Waals surface area contributed by atoms with Crippen molar-refractivity contribution in [3.05, 3.63) is 23.5 Å². The van der Waals surface area contributed by atoms with Crippen LogP contribution in [0.1, 0.15) is 35.9 Å². The smallest absolute Gasteiger partial charge is 0.355 e. The van der Waals surface area contributed by atoms with Gasteiger partial charge in [-0.1, -0.05) is 13.8 Å². The van der Waals surface area contributed by atoms with Crippen molar-refractivity contribution < 1.29 is 9.53 Å². The van der Waals surface area contributed by atoms with Crippen LogP contribution in [0.25, 0.3) is 0 Å². The zero-order chi connectivity index (χ0) is 10.0. The van der Waals surface area contributed by atoms with Gasteiger partial charge in [0.2, 0.25) is 0 Å². The van der Waals surface area contributed by atoms with Crippen LogP contribution in [0.5, 0.6) is 0 Å². The van der Waals surface area contributed by atoms with Crippen molar-refractivity contribution in [1.29, 1.82) is 0 Å². The SMILES string of the molecule is COC(=O)c1ccc(C(C)C)n1Br. The number of ether oxygens (including phenoxy) is 1. The van der Waals surface area contributed by atoms with Gasteiger partial charge in [-0.3, -0.25) is 3.59 Å². The first-order valence-electron chi connectivity index (χ1n) is 4.04. The molecular formula is C9H12BrNO2. The zero-order valence-corrected chi connectivity index (χ0v) is 9.46. The summed E-state index contributed by atoms with van der Waals surface area (Å²) in [6.07, 6.45) is 0. The first-order valence-corrected chi connectivity index (χ1v) is 4.75. The van der Waals surface area contributed by atoms with E-state index < -0.39 is 0 Å². The maximum Gasteiger partial charge on any atom is 0.355 e. The molecule has 0 saturated carbocycles. The van der Waals surface area contributed by atoms with Gasteiger partial charge < -0.3 is 4.74 Å². The van der Waals surface area contributed by atoms with Gasteiger partial charge in [-0.25, -0.2) is 4.79 Å². The molecule has 0 aliphatic carbocycles. The van der Waals surface area contributed by atoms with Crippen molar-refractivity contribution in [3.8, 4) is 0 Å². The third-order valence-corrected chi connectivity index (χ3v) is 2.63. The standard InChI is InChI=1S/C9H12BrNO2/c1-6(2)7-4-5-8(11(7)10)9(12)13-3/h4-6H,1-3H3. The highest BCUT2D eigenvalue weighted by molar-refractivity contribution is 9.08. The number of hydrogen-bond acceptors (Lipinski definition) is 2. The molecule has 0 atom stereocenters. The van der Waals surface area contributed by atoms with Gasteiger partial charge in [-0.05, 0) is 18.1 Å². The number of rotatable bonds is 2. The van der Waals surface area contributed by atoms with E-state index in [1.165, 1.54) is 7.11 Å². The number of aromatic nitrogens is 1. The van der Waals surface area contributed by atoms with Gasteiger partial charge in [0.15, 0.2) is 0 Å². The lowest BCUT2D eigenvalue weighted by molar-refractivity contribution is 0.0593. The van der Waals surface area contributed by atoms with E-state index in [2.05, 4.69) is 34.7 Å². The van der Waals surface area contributed by atoms with Crippen molar-refractivity contribution in [2.45, 2.75) is 19.8 Å². The first-order chi connectivity index (χ1) is 6.07. The van der Waals surface area contributed by atoms with Gasteiger partial charge in [-0.2, -0.15) is 0 Å². The molecule has 4 heteroatoms. The van der Waals surface area contributed by atoms with Crippen LogP contribution in [0.3, 0.4) is 0 Å². The fraction of sp³-hybridized carbons (Fsp3) is 0.444. The molecule has 0 saturated heterocycles. The highest BCUT2D eigenvalue weighted by Crippen LogP contribution is 2.21. The number of carbonyl (C=O) groups is 1. The Hall–Kier alpha value is -0.770. The summed E-state index contributed by atoms with van der Waals surface area (Å²) in [5.41, 5.74) is 1.58. The summed E-state index contributed by atoms with van der Waals surface area (Å²) in [6, 6.07) is 3.65. The maximum absolute atomic E-state index is 11.2. The van der Waals surface area contributed by atoms with E-state index in [1.807, 2.05) is 6.07 Å². The Morgan fingerprint density at radius 2 is 2.15 bits per heavy atom. The Bertz CT molecular complexity index is 317. The molecule has 0 N–H and O–H groups in total. The molecule has 1 aromatic rings. The molecule has 0 aliphatic heterocycles. The van der Waals surface area contributed by atoms with Crippen LogP contribution < -0.4 is 0 Å². The monoisotopic (exact) mass is 245 g/mol. The molecule has 0 spiro atoms. The lowest BCUT2D eigenvalue weighted by Crippen LogP contribution is -2.06. The second kappa shape index (κ2) is 3.96. The fourth-order valence-corrected chi connectivity index (χ4v) is 1.90. The van der Waals surface area contributed by atoms with Crippen molar-refractivity contribution in [2.75, 3.05) is 7.11 Å². The molecule has 0 bridgehead atoms. The second-order valence-corrected chi connectivity index (χ2v) is 3.78. The number of hydrogen-bond donors (Lipinski definition) is 0. The minimum Gasteiger partial charge on any atom is -0.464 e. The first kappa shape index (κ1) is 10.3. The van der Waals surface area contributed by atoms with E-state index in [-0.39, 0.29) is 5.97 Å². The zero-order valence-electron chi connectivity index (χ0n) is 7.87. The average molecular weight is 246 g/mol. The molecular weight excluding hydrogens is 234 g/mol. The third kappa shape index (κ3) is 1.94. The lowest BCUT2D eigenvalue weighted by atomic mass is 10.1. The molecule has 1 aromatic heterocycles. The molecule has 1 heterocycles. The van der Waals surface area contributed by atoms with Crippen molar-refractivity contribution >= 4 is 22.1 Å². The van der Waals surface area contributed by atoms with Crippen molar-refractivity contribution in [3.63, 3.8) is 0 Å². The summed E-state index contributed by atoms with van der Waals surface area (Å²) in [7, 11) is 1.37. The summed E-state index contributed by atoms with van der Waals surface area (Å²) >= 11 is 3.31. The minimum atomic E-state index is -0.330.